The van der Waals surface area contributed by atoms with Gasteiger partial charge in [0.1, 0.15) is 11.4 Å². The molecule has 0 aliphatic heterocycles. The Morgan fingerprint density at radius 2 is 2.05 bits per heavy atom. The van der Waals surface area contributed by atoms with Crippen LogP contribution in [0, 0.1) is 12.7 Å². The summed E-state index contributed by atoms with van der Waals surface area (Å²) in [6.45, 7) is 7.24. The summed E-state index contributed by atoms with van der Waals surface area (Å²) in [5, 5.41) is 0.397. The molecule has 0 atom stereocenters. The highest BCUT2D eigenvalue weighted by Crippen LogP contribution is 2.26. The number of ether oxygens (including phenoxy) is 1. The Balaban J connectivity index is 2.38. The number of aromatic nitrogens is 1. The molecule has 0 N–H and O–H groups in total. The van der Waals surface area contributed by atoms with Gasteiger partial charge in [-0.2, -0.15) is 0 Å². The number of nitrogens with zero attached hydrogens (tertiary/aromatic N) is 1. The molecule has 0 fully saturated rings. The molecule has 3 nitrogen and oxygen atoms in total. The molecule has 0 aliphatic carbocycles. The maximum absolute atomic E-state index is 14.1. The molecule has 0 aliphatic rings. The number of pyridine rings is 1. The number of carbonyl (C=O) groups excluding carboxylic acids is 1. The lowest BCUT2D eigenvalue weighted by Gasteiger charge is -2.19. The molecule has 0 saturated heterocycles. The molecule has 0 spiro atoms. The van der Waals surface area contributed by atoms with Crippen molar-refractivity contribution >= 4 is 32.8 Å². The number of hydrogen-bond donors (Lipinski definition) is 0. The first-order chi connectivity index (χ1) is 9.67. The van der Waals surface area contributed by atoms with Crippen molar-refractivity contribution in [3.8, 4) is 0 Å². The van der Waals surface area contributed by atoms with Crippen LogP contribution in [0.1, 0.15) is 32.0 Å². The number of halogens is 2. The van der Waals surface area contributed by atoms with Crippen molar-refractivity contribution in [3.05, 3.63) is 39.7 Å². The lowest BCUT2D eigenvalue weighted by molar-refractivity contribution is -0.153. The second kappa shape index (κ2) is 5.72. The second-order valence-corrected chi connectivity index (χ2v) is 6.78. The predicted molar refractivity (Wildman–Crippen MR) is 83.7 cm³/mol. The summed E-state index contributed by atoms with van der Waals surface area (Å²) in [4.78, 5) is 16.3. The van der Waals surface area contributed by atoms with E-state index in [-0.39, 0.29) is 18.2 Å². The van der Waals surface area contributed by atoms with E-state index in [0.29, 0.717) is 26.6 Å². The minimum Gasteiger partial charge on any atom is -0.460 e. The number of esters is 1. The fourth-order valence-corrected chi connectivity index (χ4v) is 2.38. The van der Waals surface area contributed by atoms with Gasteiger partial charge < -0.3 is 4.74 Å². The van der Waals surface area contributed by atoms with Gasteiger partial charge in [-0.25, -0.2) is 4.39 Å². The van der Waals surface area contributed by atoms with Gasteiger partial charge in [0, 0.05) is 11.1 Å². The van der Waals surface area contributed by atoms with Crippen molar-refractivity contribution in [2.24, 2.45) is 0 Å². The van der Waals surface area contributed by atoms with Gasteiger partial charge in [0.05, 0.1) is 16.4 Å². The molecule has 0 bridgehead atoms. The average molecular weight is 354 g/mol. The monoisotopic (exact) mass is 353 g/mol. The Labute approximate surface area is 131 Å². The summed E-state index contributed by atoms with van der Waals surface area (Å²) in [7, 11) is 0. The molecule has 5 heteroatoms. The van der Waals surface area contributed by atoms with Crippen LogP contribution in [-0.2, 0) is 16.0 Å². The smallest absolute Gasteiger partial charge is 0.310 e. The Kier molecular flexibility index (Phi) is 4.33. The highest BCUT2D eigenvalue weighted by atomic mass is 79.9. The van der Waals surface area contributed by atoms with Crippen LogP contribution in [0.2, 0.25) is 0 Å². The highest BCUT2D eigenvalue weighted by Gasteiger charge is 2.18. The Bertz CT molecular complexity index is 707. The largest absolute Gasteiger partial charge is 0.460 e. The molecule has 112 valence electrons. The summed E-state index contributed by atoms with van der Waals surface area (Å²) >= 11 is 3.16. The molecule has 21 heavy (non-hydrogen) atoms. The fourth-order valence-electron chi connectivity index (χ4n) is 2.03. The van der Waals surface area contributed by atoms with Gasteiger partial charge in [0.25, 0.3) is 0 Å². The molecule has 0 unspecified atom stereocenters. The van der Waals surface area contributed by atoms with Gasteiger partial charge in [-0.15, -0.1) is 0 Å². The lowest BCUT2D eigenvalue weighted by atomic mass is 10.1. The van der Waals surface area contributed by atoms with E-state index in [1.54, 1.807) is 25.1 Å². The summed E-state index contributed by atoms with van der Waals surface area (Å²) < 4.78 is 19.8. The van der Waals surface area contributed by atoms with E-state index in [4.69, 9.17) is 4.74 Å². The molecule has 1 aromatic carbocycles. The third-order valence-electron chi connectivity index (χ3n) is 2.94. The van der Waals surface area contributed by atoms with Crippen LogP contribution in [0.25, 0.3) is 10.9 Å². The van der Waals surface area contributed by atoms with Gasteiger partial charge in [-0.3, -0.25) is 9.78 Å². The minimum atomic E-state index is -0.538. The van der Waals surface area contributed by atoms with Crippen molar-refractivity contribution < 1.29 is 13.9 Å². The topological polar surface area (TPSA) is 39.2 Å². The summed E-state index contributed by atoms with van der Waals surface area (Å²) in [5.41, 5.74) is 1.41. The van der Waals surface area contributed by atoms with Crippen molar-refractivity contribution in [3.63, 3.8) is 0 Å². The minimum absolute atomic E-state index is 0.0813. The van der Waals surface area contributed by atoms with Gasteiger partial charge in [0.15, 0.2) is 0 Å². The maximum atomic E-state index is 14.1. The van der Waals surface area contributed by atoms with Gasteiger partial charge >= 0.3 is 5.97 Å². The molecule has 1 heterocycles. The van der Waals surface area contributed by atoms with Crippen LogP contribution in [0.15, 0.2) is 22.7 Å². The Morgan fingerprint density at radius 1 is 1.38 bits per heavy atom. The molecule has 0 amide bonds. The first kappa shape index (κ1) is 15.9. The number of hydrogen-bond acceptors (Lipinski definition) is 3. The number of carbonyl (C=O) groups is 1. The van der Waals surface area contributed by atoms with Crippen LogP contribution in [0.4, 0.5) is 4.39 Å². The van der Waals surface area contributed by atoms with E-state index < -0.39 is 5.60 Å². The normalized spacial score (nSPS) is 11.7. The molecule has 0 saturated carbocycles. The third-order valence-corrected chi connectivity index (χ3v) is 3.55. The van der Waals surface area contributed by atoms with E-state index in [2.05, 4.69) is 20.9 Å². The summed E-state index contributed by atoms with van der Waals surface area (Å²) in [6.07, 6.45) is 0.0813. The first-order valence-corrected chi connectivity index (χ1v) is 7.43. The van der Waals surface area contributed by atoms with Crippen LogP contribution < -0.4 is 0 Å². The Hall–Kier alpha value is -1.49. The quantitative estimate of drug-likeness (QED) is 0.754. The molecular formula is C16H17BrFNO2. The zero-order chi connectivity index (χ0) is 15.8. The van der Waals surface area contributed by atoms with Crippen molar-refractivity contribution in [1.29, 1.82) is 0 Å². The zero-order valence-corrected chi connectivity index (χ0v) is 14.0. The van der Waals surface area contributed by atoms with Crippen molar-refractivity contribution in [2.75, 3.05) is 0 Å². The Morgan fingerprint density at radius 3 is 2.67 bits per heavy atom. The highest BCUT2D eigenvalue weighted by molar-refractivity contribution is 9.10. The average Bonchev–Trinajstić information content (AvgIpc) is 2.34. The van der Waals surface area contributed by atoms with E-state index in [1.165, 1.54) is 0 Å². The predicted octanol–water partition coefficient (Wildman–Crippen LogP) is 4.33. The van der Waals surface area contributed by atoms with Crippen molar-refractivity contribution in [2.45, 2.75) is 39.7 Å². The van der Waals surface area contributed by atoms with E-state index in [1.807, 2.05) is 20.8 Å². The molecule has 0 radical (unpaired) electrons. The van der Waals surface area contributed by atoms with Crippen molar-refractivity contribution in [1.82, 2.24) is 4.98 Å². The molecule has 2 rings (SSSR count). The van der Waals surface area contributed by atoms with Gasteiger partial charge in [0.2, 0.25) is 0 Å². The maximum Gasteiger partial charge on any atom is 0.310 e. The first-order valence-electron chi connectivity index (χ1n) is 6.63. The number of fused-ring (bicyclic) bond motifs is 1. The standard InChI is InChI=1S/C16H17BrFNO2/c1-9-10(8-14(20)21-16(2,3)4)7-11-13(19-9)6-5-12(17)15(11)18/h5-7H,8H2,1-4H3. The van der Waals surface area contributed by atoms with Crippen LogP contribution in [0.5, 0.6) is 0 Å². The molecular weight excluding hydrogens is 337 g/mol. The SMILES string of the molecule is Cc1nc2ccc(Br)c(F)c2cc1CC(=O)OC(C)(C)C. The molecule has 1 aromatic heterocycles. The third kappa shape index (κ3) is 3.79. The van der Waals surface area contributed by atoms with Crippen LogP contribution in [0.3, 0.4) is 0 Å². The van der Waals surface area contributed by atoms with E-state index in [0.717, 1.165) is 0 Å². The fraction of sp³-hybridized carbons (Fsp3) is 0.375. The summed E-state index contributed by atoms with van der Waals surface area (Å²) in [5.74, 6) is -0.715. The van der Waals surface area contributed by atoms with Crippen LogP contribution >= 0.6 is 15.9 Å². The zero-order valence-electron chi connectivity index (χ0n) is 12.5. The number of benzene rings is 1. The summed E-state index contributed by atoms with van der Waals surface area (Å²) in [6, 6.07) is 5.03. The van der Waals surface area contributed by atoms with Gasteiger partial charge in [-0.05, 0) is 67.4 Å². The van der Waals surface area contributed by atoms with E-state index in [9.17, 15) is 9.18 Å². The van der Waals surface area contributed by atoms with Gasteiger partial charge in [-0.1, -0.05) is 0 Å². The van der Waals surface area contributed by atoms with E-state index >= 15 is 0 Å². The number of aryl methyl sites for hydroxylation is 1. The number of rotatable bonds is 2. The second-order valence-electron chi connectivity index (χ2n) is 5.92. The lowest BCUT2D eigenvalue weighted by Crippen LogP contribution is -2.25. The molecule has 2 aromatic rings. The van der Waals surface area contributed by atoms with Crippen LogP contribution in [-0.4, -0.2) is 16.6 Å².